The molecule has 2 heterocycles. The van der Waals surface area contributed by atoms with E-state index in [1.54, 1.807) is 0 Å². The normalized spacial score (nSPS) is 38.2. The number of rotatable bonds is 2. The summed E-state index contributed by atoms with van der Waals surface area (Å²) in [6, 6.07) is 0. The monoisotopic (exact) mass is 290 g/mol. The van der Waals surface area contributed by atoms with Crippen LogP contribution in [0.5, 0.6) is 0 Å². The maximum Gasteiger partial charge on any atom is 0.303 e. The number of esters is 2. The Morgan fingerprint density at radius 2 is 1.63 bits per heavy atom. The molecule has 5 nitrogen and oxygen atoms in total. The first-order chi connectivity index (χ1) is 8.97. The van der Waals surface area contributed by atoms with E-state index in [-0.39, 0.29) is 23.6 Å². The van der Waals surface area contributed by atoms with Crippen molar-refractivity contribution in [3.8, 4) is 0 Å². The van der Waals surface area contributed by atoms with Gasteiger partial charge in [0.15, 0.2) is 6.10 Å². The Labute approximate surface area is 117 Å². The number of carbonyl (C=O) groups excluding carboxylic acids is 2. The first-order valence-electron chi connectivity index (χ1n) is 6.61. The second-order valence-corrected chi connectivity index (χ2v) is 5.67. The number of hydrogen-bond acceptors (Lipinski definition) is 5. The van der Waals surface area contributed by atoms with Crippen molar-refractivity contribution in [3.05, 3.63) is 0 Å². The SMILES string of the molecule is CC(=O)O[C@@H]1[C@@H]2CC[C@@H](O2)[C@H](Cl)CC[C@H]1OC(C)=O. The fourth-order valence-electron chi connectivity index (χ4n) is 2.79. The van der Waals surface area contributed by atoms with Gasteiger partial charge in [-0.3, -0.25) is 9.59 Å². The number of ether oxygens (including phenoxy) is 3. The van der Waals surface area contributed by atoms with Gasteiger partial charge >= 0.3 is 11.9 Å². The van der Waals surface area contributed by atoms with Gasteiger partial charge in [-0.25, -0.2) is 0 Å². The average Bonchev–Trinajstić information content (AvgIpc) is 2.79. The molecule has 6 heteroatoms. The van der Waals surface area contributed by atoms with E-state index in [1.807, 2.05) is 0 Å². The Morgan fingerprint density at radius 1 is 1.00 bits per heavy atom. The Morgan fingerprint density at radius 3 is 2.26 bits per heavy atom. The minimum absolute atomic E-state index is 0.00278. The summed E-state index contributed by atoms with van der Waals surface area (Å²) < 4.78 is 16.4. The van der Waals surface area contributed by atoms with Crippen LogP contribution in [0, 0.1) is 0 Å². The molecule has 5 atom stereocenters. The third-order valence-electron chi connectivity index (χ3n) is 3.57. The van der Waals surface area contributed by atoms with Crippen molar-refractivity contribution in [1.82, 2.24) is 0 Å². The molecule has 19 heavy (non-hydrogen) atoms. The molecule has 2 fully saturated rings. The van der Waals surface area contributed by atoms with Gasteiger partial charge in [0.1, 0.15) is 6.10 Å². The van der Waals surface area contributed by atoms with Crippen LogP contribution in [0.25, 0.3) is 0 Å². The number of carbonyl (C=O) groups is 2. The van der Waals surface area contributed by atoms with Crippen LogP contribution >= 0.6 is 11.6 Å². The molecular weight excluding hydrogens is 272 g/mol. The Hall–Kier alpha value is -0.810. The van der Waals surface area contributed by atoms with Gasteiger partial charge in [-0.05, 0) is 25.7 Å². The van der Waals surface area contributed by atoms with Crippen molar-refractivity contribution in [2.45, 2.75) is 69.3 Å². The quantitative estimate of drug-likeness (QED) is 0.573. The maximum absolute atomic E-state index is 11.2. The lowest BCUT2D eigenvalue weighted by Gasteiger charge is -2.33. The van der Waals surface area contributed by atoms with Crippen molar-refractivity contribution in [3.63, 3.8) is 0 Å². The molecule has 108 valence electrons. The van der Waals surface area contributed by atoms with E-state index in [0.717, 1.165) is 12.8 Å². The minimum Gasteiger partial charge on any atom is -0.458 e. The minimum atomic E-state index is -0.532. The molecule has 0 aromatic carbocycles. The van der Waals surface area contributed by atoms with Crippen molar-refractivity contribution >= 4 is 23.5 Å². The van der Waals surface area contributed by atoms with Crippen LogP contribution in [0.1, 0.15) is 39.5 Å². The summed E-state index contributed by atoms with van der Waals surface area (Å²) in [4.78, 5) is 22.4. The van der Waals surface area contributed by atoms with Crippen molar-refractivity contribution in [2.75, 3.05) is 0 Å². The predicted molar refractivity (Wildman–Crippen MR) is 67.9 cm³/mol. The molecule has 2 saturated heterocycles. The van der Waals surface area contributed by atoms with Gasteiger partial charge in [0.2, 0.25) is 0 Å². The standard InChI is InChI=1S/C13H19ClO5/c1-7(15)17-11-4-3-9(14)10-5-6-12(19-10)13(11)18-8(2)16/h9-13H,3-6H2,1-2H3/t9-,10-,11-,12+,13+/m1/s1. The summed E-state index contributed by atoms with van der Waals surface area (Å²) in [5.74, 6) is -0.777. The predicted octanol–water partition coefficient (Wildman–Crippen LogP) is 1.80. The molecule has 0 N–H and O–H groups in total. The Kier molecular flexibility index (Phi) is 4.68. The summed E-state index contributed by atoms with van der Waals surface area (Å²) >= 11 is 6.27. The number of halogens is 1. The lowest BCUT2D eigenvalue weighted by molar-refractivity contribution is -0.180. The smallest absolute Gasteiger partial charge is 0.303 e. The molecule has 0 unspecified atom stereocenters. The van der Waals surface area contributed by atoms with E-state index < -0.39 is 18.2 Å². The third kappa shape index (κ3) is 3.60. The lowest BCUT2D eigenvalue weighted by atomic mass is 10.0. The molecule has 2 aliphatic rings. The van der Waals surface area contributed by atoms with Gasteiger partial charge in [0.25, 0.3) is 0 Å². The Balaban J connectivity index is 2.15. The fraction of sp³-hybridized carbons (Fsp3) is 0.846. The van der Waals surface area contributed by atoms with E-state index in [9.17, 15) is 9.59 Å². The Bertz CT molecular complexity index is 359. The van der Waals surface area contributed by atoms with Gasteiger partial charge in [-0.2, -0.15) is 0 Å². The zero-order valence-corrected chi connectivity index (χ0v) is 11.9. The topological polar surface area (TPSA) is 61.8 Å². The van der Waals surface area contributed by atoms with Crippen LogP contribution in [0.2, 0.25) is 0 Å². The first kappa shape index (κ1) is 14.6. The van der Waals surface area contributed by atoms with E-state index in [2.05, 4.69) is 0 Å². The lowest BCUT2D eigenvalue weighted by Crippen LogP contribution is -2.45. The number of alkyl halides is 1. The molecule has 2 rings (SSSR count). The van der Waals surface area contributed by atoms with E-state index in [0.29, 0.717) is 12.8 Å². The molecule has 0 saturated carbocycles. The molecule has 0 amide bonds. The molecule has 0 aliphatic carbocycles. The van der Waals surface area contributed by atoms with E-state index >= 15 is 0 Å². The number of hydrogen-bond donors (Lipinski definition) is 0. The highest BCUT2D eigenvalue weighted by Crippen LogP contribution is 2.35. The van der Waals surface area contributed by atoms with Crippen LogP contribution < -0.4 is 0 Å². The molecule has 0 aromatic heterocycles. The highest BCUT2D eigenvalue weighted by molar-refractivity contribution is 6.21. The van der Waals surface area contributed by atoms with Crippen molar-refractivity contribution in [2.24, 2.45) is 0 Å². The van der Waals surface area contributed by atoms with Gasteiger partial charge in [-0.1, -0.05) is 0 Å². The largest absolute Gasteiger partial charge is 0.458 e. The van der Waals surface area contributed by atoms with Gasteiger partial charge in [0.05, 0.1) is 17.6 Å². The van der Waals surface area contributed by atoms with Crippen LogP contribution in [0.3, 0.4) is 0 Å². The fourth-order valence-corrected chi connectivity index (χ4v) is 3.10. The molecular formula is C13H19ClO5. The molecule has 2 aliphatic heterocycles. The summed E-state index contributed by atoms with van der Waals surface area (Å²) in [6.07, 6.45) is 1.63. The van der Waals surface area contributed by atoms with Crippen LogP contribution in [-0.4, -0.2) is 41.7 Å². The van der Waals surface area contributed by atoms with Crippen LogP contribution in [0.15, 0.2) is 0 Å². The van der Waals surface area contributed by atoms with Gasteiger partial charge in [-0.15, -0.1) is 11.6 Å². The highest BCUT2D eigenvalue weighted by atomic mass is 35.5. The summed E-state index contributed by atoms with van der Waals surface area (Å²) in [6.45, 7) is 2.69. The molecule has 2 bridgehead atoms. The zero-order chi connectivity index (χ0) is 14.0. The first-order valence-corrected chi connectivity index (χ1v) is 7.05. The molecule has 0 radical (unpaired) electrons. The highest BCUT2D eigenvalue weighted by Gasteiger charge is 2.44. The summed E-state index contributed by atoms with van der Waals surface area (Å²) in [5.41, 5.74) is 0. The number of fused-ring (bicyclic) bond motifs is 2. The second-order valence-electron chi connectivity index (χ2n) is 5.11. The van der Waals surface area contributed by atoms with Crippen LogP contribution in [-0.2, 0) is 23.8 Å². The second kappa shape index (κ2) is 6.09. The van der Waals surface area contributed by atoms with E-state index in [1.165, 1.54) is 13.8 Å². The van der Waals surface area contributed by atoms with Gasteiger partial charge in [0, 0.05) is 13.8 Å². The third-order valence-corrected chi connectivity index (χ3v) is 4.07. The van der Waals surface area contributed by atoms with E-state index in [4.69, 9.17) is 25.8 Å². The molecule has 0 aromatic rings. The summed E-state index contributed by atoms with van der Waals surface area (Å²) in [7, 11) is 0. The van der Waals surface area contributed by atoms with Crippen molar-refractivity contribution < 1.29 is 23.8 Å². The van der Waals surface area contributed by atoms with Crippen LogP contribution in [0.4, 0.5) is 0 Å². The van der Waals surface area contributed by atoms with Gasteiger partial charge < -0.3 is 14.2 Å². The van der Waals surface area contributed by atoms with Crippen molar-refractivity contribution in [1.29, 1.82) is 0 Å². The molecule has 0 spiro atoms. The zero-order valence-electron chi connectivity index (χ0n) is 11.1. The average molecular weight is 291 g/mol. The summed E-state index contributed by atoms with van der Waals surface area (Å²) in [5, 5.41) is -0.0821. The maximum atomic E-state index is 11.2.